The van der Waals surface area contributed by atoms with Crippen LogP contribution < -0.4 is 0 Å². The number of amides is 2. The smallest absolute Gasteiger partial charge is 0.320 e. The van der Waals surface area contributed by atoms with Crippen molar-refractivity contribution in [2.24, 2.45) is 11.8 Å². The van der Waals surface area contributed by atoms with E-state index in [0.29, 0.717) is 25.6 Å². The van der Waals surface area contributed by atoms with E-state index < -0.39 is 11.9 Å². The molecule has 21 heavy (non-hydrogen) atoms. The number of carboxylic acids is 1. The van der Waals surface area contributed by atoms with Gasteiger partial charge in [0.15, 0.2) is 0 Å². The average molecular weight is 300 g/mol. The van der Waals surface area contributed by atoms with Crippen LogP contribution in [0.3, 0.4) is 0 Å². The Labute approximate surface area is 127 Å². The van der Waals surface area contributed by atoms with Crippen LogP contribution in [0.15, 0.2) is 0 Å². The molecule has 0 bridgehead atoms. The highest BCUT2D eigenvalue weighted by Gasteiger charge is 2.40. The summed E-state index contributed by atoms with van der Waals surface area (Å²) < 4.78 is 5.29. The van der Waals surface area contributed by atoms with Crippen molar-refractivity contribution >= 4 is 12.0 Å². The number of rotatable bonds is 6. The Morgan fingerprint density at radius 3 is 2.29 bits per heavy atom. The molecule has 1 aliphatic heterocycles. The largest absolute Gasteiger partial charge is 0.481 e. The van der Waals surface area contributed by atoms with Gasteiger partial charge in [0.05, 0.1) is 19.3 Å². The lowest BCUT2D eigenvalue weighted by Crippen LogP contribution is -2.54. The van der Waals surface area contributed by atoms with Crippen LogP contribution in [-0.2, 0) is 9.53 Å². The Morgan fingerprint density at radius 1 is 1.24 bits per heavy atom. The fourth-order valence-corrected chi connectivity index (χ4v) is 2.67. The molecule has 2 unspecified atom stereocenters. The summed E-state index contributed by atoms with van der Waals surface area (Å²) in [7, 11) is 0. The maximum atomic E-state index is 12.8. The molecule has 1 aliphatic rings. The minimum absolute atomic E-state index is 0.0829. The van der Waals surface area contributed by atoms with Crippen LogP contribution in [0.5, 0.6) is 0 Å². The van der Waals surface area contributed by atoms with Gasteiger partial charge in [-0.15, -0.1) is 0 Å². The molecule has 0 saturated carbocycles. The van der Waals surface area contributed by atoms with Crippen LogP contribution >= 0.6 is 0 Å². The van der Waals surface area contributed by atoms with E-state index in [-0.39, 0.29) is 24.7 Å². The molecule has 0 aromatic rings. The van der Waals surface area contributed by atoms with Gasteiger partial charge in [0.2, 0.25) is 0 Å². The molecule has 0 spiro atoms. The summed E-state index contributed by atoms with van der Waals surface area (Å²) in [6, 6.07) is -0.393. The third-order valence-corrected chi connectivity index (χ3v) is 3.79. The summed E-state index contributed by atoms with van der Waals surface area (Å²) >= 11 is 0. The molecule has 2 atom stereocenters. The number of nitrogens with zero attached hydrogens (tertiary/aromatic N) is 2. The first-order valence-corrected chi connectivity index (χ1v) is 7.67. The van der Waals surface area contributed by atoms with Gasteiger partial charge in [-0.3, -0.25) is 4.79 Å². The van der Waals surface area contributed by atoms with Gasteiger partial charge < -0.3 is 19.6 Å². The fourth-order valence-electron chi connectivity index (χ4n) is 2.67. The number of aliphatic carboxylic acids is 1. The Bertz CT molecular complexity index is 371. The molecule has 0 aromatic heterocycles. The number of carbonyl (C=O) groups is 2. The van der Waals surface area contributed by atoms with Gasteiger partial charge in [-0.2, -0.15) is 0 Å². The lowest BCUT2D eigenvalue weighted by molar-refractivity contribution is -0.142. The molecule has 2 amide bonds. The van der Waals surface area contributed by atoms with Gasteiger partial charge in [-0.25, -0.2) is 4.79 Å². The minimum Gasteiger partial charge on any atom is -0.481 e. The summed E-state index contributed by atoms with van der Waals surface area (Å²) in [5.41, 5.74) is 0. The third kappa shape index (κ3) is 4.33. The lowest BCUT2D eigenvalue weighted by Gasteiger charge is -2.37. The fraction of sp³-hybridized carbons (Fsp3) is 0.867. The highest BCUT2D eigenvalue weighted by atomic mass is 16.5. The summed E-state index contributed by atoms with van der Waals surface area (Å²) in [6.45, 7) is 11.6. The summed E-state index contributed by atoms with van der Waals surface area (Å²) in [5.74, 6) is -1.17. The molecular weight excluding hydrogens is 272 g/mol. The van der Waals surface area contributed by atoms with E-state index in [0.717, 1.165) is 0 Å². The van der Waals surface area contributed by atoms with Crippen molar-refractivity contribution in [2.75, 3.05) is 26.3 Å². The molecule has 1 fully saturated rings. The SMILES string of the molecule is CCN(C(=O)N(CC(C)C)C(C)C)C1COCC1C(=O)O. The van der Waals surface area contributed by atoms with Gasteiger partial charge in [-0.05, 0) is 26.7 Å². The van der Waals surface area contributed by atoms with Crippen LogP contribution in [0.4, 0.5) is 4.79 Å². The molecular formula is C15H28N2O4. The first-order chi connectivity index (χ1) is 9.79. The van der Waals surface area contributed by atoms with E-state index in [9.17, 15) is 14.7 Å². The van der Waals surface area contributed by atoms with E-state index in [1.165, 1.54) is 0 Å². The number of likely N-dealkylation sites (N-methyl/N-ethyl adjacent to an activating group) is 1. The van der Waals surface area contributed by atoms with E-state index in [1.54, 1.807) is 4.90 Å². The molecule has 6 heteroatoms. The second kappa shape index (κ2) is 7.64. The highest BCUT2D eigenvalue weighted by Crippen LogP contribution is 2.22. The molecule has 1 heterocycles. The standard InChI is InChI=1S/C15H28N2O4/c1-6-16(13-9-21-8-12(13)14(18)19)15(20)17(11(4)5)7-10(2)3/h10-13H,6-9H2,1-5H3,(H,18,19). The van der Waals surface area contributed by atoms with Crippen LogP contribution in [0.2, 0.25) is 0 Å². The normalized spacial score (nSPS) is 21.9. The predicted octanol–water partition coefficient (Wildman–Crippen LogP) is 1.89. The molecule has 1 N–H and O–H groups in total. The first kappa shape index (κ1) is 17.8. The Balaban J connectivity index is 2.91. The zero-order valence-electron chi connectivity index (χ0n) is 13.7. The van der Waals surface area contributed by atoms with Crippen molar-refractivity contribution < 1.29 is 19.4 Å². The molecule has 6 nitrogen and oxygen atoms in total. The van der Waals surface area contributed by atoms with Crippen molar-refractivity contribution in [1.82, 2.24) is 9.80 Å². The van der Waals surface area contributed by atoms with Gasteiger partial charge >= 0.3 is 12.0 Å². The Morgan fingerprint density at radius 2 is 1.86 bits per heavy atom. The second-order valence-corrected chi connectivity index (χ2v) is 6.26. The Kier molecular flexibility index (Phi) is 6.45. The van der Waals surface area contributed by atoms with Gasteiger partial charge in [-0.1, -0.05) is 13.8 Å². The number of hydrogen-bond donors (Lipinski definition) is 1. The molecule has 0 aromatic carbocycles. The van der Waals surface area contributed by atoms with Crippen LogP contribution in [-0.4, -0.2) is 65.3 Å². The minimum atomic E-state index is -0.899. The first-order valence-electron chi connectivity index (χ1n) is 7.67. The van der Waals surface area contributed by atoms with Gasteiger partial charge in [0, 0.05) is 19.1 Å². The molecule has 1 rings (SSSR count). The van der Waals surface area contributed by atoms with Gasteiger partial charge in [0.25, 0.3) is 0 Å². The number of urea groups is 1. The molecule has 122 valence electrons. The predicted molar refractivity (Wildman–Crippen MR) is 80.2 cm³/mol. The van der Waals surface area contributed by atoms with Crippen molar-refractivity contribution in [1.29, 1.82) is 0 Å². The van der Waals surface area contributed by atoms with Crippen molar-refractivity contribution in [3.8, 4) is 0 Å². The number of carbonyl (C=O) groups excluding carboxylic acids is 1. The van der Waals surface area contributed by atoms with Crippen molar-refractivity contribution in [2.45, 2.75) is 46.7 Å². The zero-order valence-corrected chi connectivity index (χ0v) is 13.7. The topological polar surface area (TPSA) is 70.1 Å². The van der Waals surface area contributed by atoms with Crippen LogP contribution in [0.1, 0.15) is 34.6 Å². The van der Waals surface area contributed by atoms with Crippen molar-refractivity contribution in [3.05, 3.63) is 0 Å². The summed E-state index contributed by atoms with van der Waals surface area (Å²) in [5, 5.41) is 9.27. The maximum absolute atomic E-state index is 12.8. The van der Waals surface area contributed by atoms with Gasteiger partial charge in [0.1, 0.15) is 5.92 Å². The average Bonchev–Trinajstić information content (AvgIpc) is 2.85. The molecule has 1 saturated heterocycles. The monoisotopic (exact) mass is 300 g/mol. The number of carboxylic acid groups (broad SMARTS) is 1. The van der Waals surface area contributed by atoms with E-state index in [4.69, 9.17) is 4.74 Å². The van der Waals surface area contributed by atoms with Crippen LogP contribution in [0.25, 0.3) is 0 Å². The molecule has 0 radical (unpaired) electrons. The lowest BCUT2D eigenvalue weighted by atomic mass is 10.0. The quantitative estimate of drug-likeness (QED) is 0.813. The van der Waals surface area contributed by atoms with E-state index in [2.05, 4.69) is 13.8 Å². The number of ether oxygens (including phenoxy) is 1. The van der Waals surface area contributed by atoms with E-state index in [1.807, 2.05) is 25.7 Å². The summed E-state index contributed by atoms with van der Waals surface area (Å²) in [6.07, 6.45) is 0. The maximum Gasteiger partial charge on any atom is 0.320 e. The van der Waals surface area contributed by atoms with Crippen LogP contribution in [0, 0.1) is 11.8 Å². The number of hydrogen-bond acceptors (Lipinski definition) is 3. The second-order valence-electron chi connectivity index (χ2n) is 6.26. The highest BCUT2D eigenvalue weighted by molar-refractivity contribution is 5.77. The van der Waals surface area contributed by atoms with E-state index >= 15 is 0 Å². The molecule has 0 aliphatic carbocycles. The Hall–Kier alpha value is -1.30. The zero-order chi connectivity index (χ0) is 16.2. The summed E-state index contributed by atoms with van der Waals surface area (Å²) in [4.78, 5) is 27.6. The van der Waals surface area contributed by atoms with Crippen molar-refractivity contribution in [3.63, 3.8) is 0 Å². The third-order valence-electron chi connectivity index (χ3n) is 3.79.